The summed E-state index contributed by atoms with van der Waals surface area (Å²) in [5.41, 5.74) is 1.31. The van der Waals surface area contributed by atoms with Gasteiger partial charge in [-0.1, -0.05) is 6.92 Å². The highest BCUT2D eigenvalue weighted by atomic mass is 16.1. The molecular formula is C14H19N5O. The minimum atomic E-state index is -0.149. The van der Waals surface area contributed by atoms with Gasteiger partial charge >= 0.3 is 0 Å². The van der Waals surface area contributed by atoms with Gasteiger partial charge in [0.25, 0.3) is 5.91 Å². The molecule has 2 heterocycles. The molecule has 2 rings (SSSR count). The van der Waals surface area contributed by atoms with Crippen LogP contribution in [0.15, 0.2) is 24.7 Å². The van der Waals surface area contributed by atoms with Crippen LogP contribution in [0.25, 0.3) is 0 Å². The maximum Gasteiger partial charge on any atom is 0.253 e. The zero-order chi connectivity index (χ0) is 14.5. The fourth-order valence-corrected chi connectivity index (χ4v) is 2.10. The highest BCUT2D eigenvalue weighted by Crippen LogP contribution is 2.15. The van der Waals surface area contributed by atoms with Gasteiger partial charge in [0.1, 0.15) is 12.2 Å². The predicted molar refractivity (Wildman–Crippen MR) is 75.2 cm³/mol. The Morgan fingerprint density at radius 1 is 1.40 bits per heavy atom. The second-order valence-corrected chi connectivity index (χ2v) is 4.50. The Hall–Kier alpha value is -2.24. The van der Waals surface area contributed by atoms with Gasteiger partial charge in [-0.15, -0.1) is 0 Å². The largest absolute Gasteiger partial charge is 0.342 e. The second-order valence-electron chi connectivity index (χ2n) is 4.50. The van der Waals surface area contributed by atoms with E-state index in [1.807, 2.05) is 20.8 Å². The molecule has 0 aromatic carbocycles. The fraction of sp³-hybridized carbons (Fsp3) is 0.429. The maximum absolute atomic E-state index is 12.3. The van der Waals surface area contributed by atoms with Crippen molar-refractivity contribution >= 4 is 5.91 Å². The third kappa shape index (κ3) is 2.84. The summed E-state index contributed by atoms with van der Waals surface area (Å²) in [5, 5.41) is 7.14. The van der Waals surface area contributed by atoms with Crippen molar-refractivity contribution in [3.8, 4) is 0 Å². The number of pyridine rings is 1. The van der Waals surface area contributed by atoms with Crippen LogP contribution in [0.2, 0.25) is 0 Å². The van der Waals surface area contributed by atoms with Gasteiger partial charge in [-0.25, -0.2) is 9.67 Å². The third-order valence-corrected chi connectivity index (χ3v) is 3.22. The van der Waals surface area contributed by atoms with Crippen molar-refractivity contribution in [3.63, 3.8) is 0 Å². The Kier molecular flexibility index (Phi) is 4.45. The van der Waals surface area contributed by atoms with Gasteiger partial charge in [0.05, 0.1) is 11.6 Å². The summed E-state index contributed by atoms with van der Waals surface area (Å²) in [6.07, 6.45) is 3.95. The fourth-order valence-electron chi connectivity index (χ4n) is 2.10. The first kappa shape index (κ1) is 14.2. The molecule has 0 bridgehead atoms. The zero-order valence-electron chi connectivity index (χ0n) is 12.0. The lowest BCUT2D eigenvalue weighted by atomic mass is 10.1. The lowest BCUT2D eigenvalue weighted by molar-refractivity contribution is 0.0931. The van der Waals surface area contributed by atoms with Crippen molar-refractivity contribution < 1.29 is 4.79 Å². The van der Waals surface area contributed by atoms with E-state index in [9.17, 15) is 4.79 Å². The van der Waals surface area contributed by atoms with Crippen LogP contribution in [0.3, 0.4) is 0 Å². The number of carbonyl (C=O) groups is 1. The second kappa shape index (κ2) is 6.27. The summed E-state index contributed by atoms with van der Waals surface area (Å²) in [7, 11) is 0. The van der Waals surface area contributed by atoms with Crippen LogP contribution < -0.4 is 5.32 Å². The minimum Gasteiger partial charge on any atom is -0.342 e. The Bertz CT molecular complexity index is 593. The Labute approximate surface area is 118 Å². The summed E-state index contributed by atoms with van der Waals surface area (Å²) in [4.78, 5) is 20.7. The molecule has 1 atom stereocenters. The van der Waals surface area contributed by atoms with Crippen LogP contribution >= 0.6 is 0 Å². The topological polar surface area (TPSA) is 72.7 Å². The molecule has 0 saturated carbocycles. The Balaban J connectivity index is 2.19. The smallest absolute Gasteiger partial charge is 0.253 e. The molecule has 1 amide bonds. The molecule has 0 aliphatic carbocycles. The normalized spacial score (nSPS) is 12.2. The van der Waals surface area contributed by atoms with Crippen molar-refractivity contribution in [1.29, 1.82) is 0 Å². The number of hydrogen-bond donors (Lipinski definition) is 1. The van der Waals surface area contributed by atoms with Gasteiger partial charge in [-0.2, -0.15) is 5.10 Å². The molecular weight excluding hydrogens is 254 g/mol. The van der Waals surface area contributed by atoms with E-state index >= 15 is 0 Å². The van der Waals surface area contributed by atoms with Crippen molar-refractivity contribution in [2.45, 2.75) is 39.8 Å². The summed E-state index contributed by atoms with van der Waals surface area (Å²) in [6.45, 7) is 6.56. The van der Waals surface area contributed by atoms with Crippen LogP contribution in [0.5, 0.6) is 0 Å². The van der Waals surface area contributed by atoms with Gasteiger partial charge in [0.15, 0.2) is 0 Å². The van der Waals surface area contributed by atoms with Crippen molar-refractivity contribution in [2.75, 3.05) is 0 Å². The van der Waals surface area contributed by atoms with Crippen LogP contribution in [-0.2, 0) is 6.54 Å². The van der Waals surface area contributed by atoms with Crippen molar-refractivity contribution in [3.05, 3.63) is 41.7 Å². The highest BCUT2D eigenvalue weighted by molar-refractivity contribution is 5.95. The molecule has 2 aromatic heterocycles. The van der Waals surface area contributed by atoms with Gasteiger partial charge in [-0.3, -0.25) is 9.78 Å². The molecule has 0 radical (unpaired) electrons. The van der Waals surface area contributed by atoms with E-state index in [2.05, 4.69) is 20.4 Å². The third-order valence-electron chi connectivity index (χ3n) is 3.22. The predicted octanol–water partition coefficient (Wildman–Crippen LogP) is 1.88. The number of rotatable bonds is 5. The molecule has 0 aliphatic heterocycles. The van der Waals surface area contributed by atoms with Crippen LogP contribution in [-0.4, -0.2) is 25.7 Å². The molecule has 20 heavy (non-hydrogen) atoms. The van der Waals surface area contributed by atoms with Crippen LogP contribution in [0.1, 0.15) is 48.2 Å². The molecule has 0 saturated heterocycles. The number of hydrogen-bond acceptors (Lipinski definition) is 4. The van der Waals surface area contributed by atoms with Crippen LogP contribution in [0, 0.1) is 6.92 Å². The molecule has 0 aliphatic rings. The Morgan fingerprint density at radius 3 is 2.85 bits per heavy atom. The number of amides is 1. The molecule has 0 fully saturated rings. The summed E-state index contributed by atoms with van der Waals surface area (Å²) in [6, 6.07) is 3.39. The molecule has 1 N–H and O–H groups in total. The molecule has 6 heteroatoms. The highest BCUT2D eigenvalue weighted by Gasteiger charge is 2.19. The lowest BCUT2D eigenvalue weighted by Gasteiger charge is -2.17. The minimum absolute atomic E-state index is 0.131. The monoisotopic (exact) mass is 273 g/mol. The van der Waals surface area contributed by atoms with E-state index in [1.165, 1.54) is 6.33 Å². The number of nitrogens with one attached hydrogen (secondary N) is 1. The van der Waals surface area contributed by atoms with E-state index in [-0.39, 0.29) is 11.9 Å². The first-order chi connectivity index (χ1) is 9.67. The lowest BCUT2D eigenvalue weighted by Crippen LogP contribution is -2.31. The Morgan fingerprint density at radius 2 is 2.20 bits per heavy atom. The molecule has 0 spiro atoms. The van der Waals surface area contributed by atoms with Gasteiger partial charge in [0.2, 0.25) is 0 Å². The van der Waals surface area contributed by atoms with Gasteiger partial charge in [0, 0.05) is 18.4 Å². The maximum atomic E-state index is 12.3. The van der Waals surface area contributed by atoms with Gasteiger partial charge < -0.3 is 5.32 Å². The van der Waals surface area contributed by atoms with Gasteiger partial charge in [-0.05, 0) is 32.4 Å². The molecule has 106 valence electrons. The van der Waals surface area contributed by atoms with E-state index in [4.69, 9.17) is 0 Å². The van der Waals surface area contributed by atoms with E-state index in [1.54, 1.807) is 23.0 Å². The first-order valence-electron chi connectivity index (χ1n) is 6.77. The standard InChI is InChI=1S/C14H19N5O/c1-4-12(13-16-9-17-19(13)5-2)18-14(20)11-7-6-8-15-10(11)3/h6-9,12H,4-5H2,1-3H3,(H,18,20). The number of aromatic nitrogens is 4. The van der Waals surface area contributed by atoms with Crippen molar-refractivity contribution in [2.24, 2.45) is 0 Å². The average molecular weight is 273 g/mol. The summed E-state index contributed by atoms with van der Waals surface area (Å²) < 4.78 is 1.80. The van der Waals surface area contributed by atoms with Crippen LogP contribution in [0.4, 0.5) is 0 Å². The summed E-state index contributed by atoms with van der Waals surface area (Å²) in [5.74, 6) is 0.651. The zero-order valence-corrected chi connectivity index (χ0v) is 12.0. The summed E-state index contributed by atoms with van der Waals surface area (Å²) >= 11 is 0. The number of aryl methyl sites for hydroxylation is 2. The van der Waals surface area contributed by atoms with E-state index < -0.39 is 0 Å². The number of carbonyl (C=O) groups excluding carboxylic acids is 1. The molecule has 1 unspecified atom stereocenters. The SMILES string of the molecule is CCC(NC(=O)c1cccnc1C)c1ncnn1CC. The molecule has 2 aromatic rings. The average Bonchev–Trinajstić information content (AvgIpc) is 2.93. The van der Waals surface area contributed by atoms with Crippen molar-refractivity contribution in [1.82, 2.24) is 25.1 Å². The molecule has 6 nitrogen and oxygen atoms in total. The van der Waals surface area contributed by atoms with E-state index in [0.717, 1.165) is 24.5 Å². The number of nitrogens with zero attached hydrogens (tertiary/aromatic N) is 4. The van der Waals surface area contributed by atoms with E-state index in [0.29, 0.717) is 5.56 Å². The first-order valence-corrected chi connectivity index (χ1v) is 6.77. The quantitative estimate of drug-likeness (QED) is 0.902.